The number of ether oxygens (including phenoxy) is 1. The maximum absolute atomic E-state index is 11.6. The molecule has 0 aromatic heterocycles. The molecule has 8 nitrogen and oxygen atoms in total. The molecule has 0 radical (unpaired) electrons. The Balaban J connectivity index is 2.98. The second kappa shape index (κ2) is 6.43. The van der Waals surface area contributed by atoms with Crippen LogP contribution in [0.5, 0.6) is 0 Å². The van der Waals surface area contributed by atoms with Crippen LogP contribution in [0.4, 0.5) is 11.4 Å². The number of nitro groups is 2. The summed E-state index contributed by atoms with van der Waals surface area (Å²) in [5.41, 5.74) is -1.46. The number of carbonyl (C=O) groups is 1. The van der Waals surface area contributed by atoms with Gasteiger partial charge in [-0.05, 0) is 12.5 Å². The lowest BCUT2D eigenvalue weighted by atomic mass is 10.2. The Bertz CT molecular complexity index is 514. The quantitative estimate of drug-likeness (QED) is 0.339. The summed E-state index contributed by atoms with van der Waals surface area (Å²) in [6.45, 7) is 2.13. The summed E-state index contributed by atoms with van der Waals surface area (Å²) in [6.07, 6.45) is 1.52. The first-order chi connectivity index (χ1) is 8.97. The van der Waals surface area contributed by atoms with Crippen molar-refractivity contribution in [2.45, 2.75) is 19.8 Å². The van der Waals surface area contributed by atoms with Crippen molar-refractivity contribution in [3.63, 3.8) is 0 Å². The van der Waals surface area contributed by atoms with Crippen LogP contribution in [-0.2, 0) is 4.74 Å². The third-order valence-corrected chi connectivity index (χ3v) is 2.34. The van der Waals surface area contributed by atoms with Crippen molar-refractivity contribution in [1.29, 1.82) is 0 Å². The molecule has 0 aliphatic heterocycles. The molecule has 0 atom stereocenters. The van der Waals surface area contributed by atoms with Gasteiger partial charge >= 0.3 is 17.3 Å². The van der Waals surface area contributed by atoms with E-state index in [1.54, 1.807) is 0 Å². The molecule has 0 heterocycles. The van der Waals surface area contributed by atoms with E-state index in [4.69, 9.17) is 4.74 Å². The predicted molar refractivity (Wildman–Crippen MR) is 64.9 cm³/mol. The fraction of sp³-hybridized carbons (Fsp3) is 0.364. The second-order valence-corrected chi connectivity index (χ2v) is 3.71. The summed E-state index contributed by atoms with van der Waals surface area (Å²) in [4.78, 5) is 31.1. The van der Waals surface area contributed by atoms with Gasteiger partial charge in [-0.3, -0.25) is 20.2 Å². The van der Waals surface area contributed by atoms with E-state index < -0.39 is 27.2 Å². The molecule has 1 aromatic carbocycles. The summed E-state index contributed by atoms with van der Waals surface area (Å²) in [5, 5.41) is 21.3. The fourth-order valence-electron chi connectivity index (χ4n) is 1.34. The zero-order chi connectivity index (χ0) is 14.4. The molecule has 0 unspecified atom stereocenters. The van der Waals surface area contributed by atoms with Crippen LogP contribution in [0.15, 0.2) is 18.2 Å². The van der Waals surface area contributed by atoms with Gasteiger partial charge in [0.25, 0.3) is 0 Å². The Morgan fingerprint density at radius 1 is 1.21 bits per heavy atom. The standard InChI is InChI=1S/C11H12N2O6/c1-2-3-6-19-11(14)8-4-5-9(12(15)16)10(7-8)13(17)18/h4-5,7H,2-3,6H2,1H3. The Morgan fingerprint density at radius 2 is 1.84 bits per heavy atom. The minimum absolute atomic E-state index is 0.0756. The lowest BCUT2D eigenvalue weighted by Gasteiger charge is -2.03. The van der Waals surface area contributed by atoms with Gasteiger partial charge in [0.05, 0.1) is 22.0 Å². The van der Waals surface area contributed by atoms with Crippen LogP contribution in [0.3, 0.4) is 0 Å². The minimum atomic E-state index is -0.902. The molecule has 0 fully saturated rings. The van der Waals surface area contributed by atoms with E-state index in [0.29, 0.717) is 6.42 Å². The Kier molecular flexibility index (Phi) is 4.92. The highest BCUT2D eigenvalue weighted by Gasteiger charge is 2.25. The van der Waals surface area contributed by atoms with E-state index in [1.165, 1.54) is 0 Å². The van der Waals surface area contributed by atoms with Crippen molar-refractivity contribution in [2.75, 3.05) is 6.61 Å². The fourth-order valence-corrected chi connectivity index (χ4v) is 1.34. The average molecular weight is 268 g/mol. The van der Waals surface area contributed by atoms with Crippen LogP contribution in [-0.4, -0.2) is 22.4 Å². The molecule has 0 aliphatic carbocycles. The number of rotatable bonds is 6. The van der Waals surface area contributed by atoms with Crippen LogP contribution in [0.1, 0.15) is 30.1 Å². The van der Waals surface area contributed by atoms with Gasteiger partial charge in [-0.25, -0.2) is 4.79 Å². The Morgan fingerprint density at radius 3 is 2.37 bits per heavy atom. The molecule has 1 rings (SSSR count). The highest BCUT2D eigenvalue weighted by atomic mass is 16.6. The zero-order valence-electron chi connectivity index (χ0n) is 10.2. The number of benzene rings is 1. The van der Waals surface area contributed by atoms with Gasteiger partial charge in [0.1, 0.15) is 0 Å². The summed E-state index contributed by atoms with van der Waals surface area (Å²) in [5.74, 6) is -0.730. The van der Waals surface area contributed by atoms with Gasteiger partial charge in [-0.1, -0.05) is 13.3 Å². The molecule has 1 aromatic rings. The number of carbonyl (C=O) groups excluding carboxylic acids is 1. The first kappa shape index (κ1) is 14.6. The monoisotopic (exact) mass is 268 g/mol. The van der Waals surface area contributed by atoms with Gasteiger partial charge < -0.3 is 4.74 Å². The molecular formula is C11H12N2O6. The van der Waals surface area contributed by atoms with E-state index >= 15 is 0 Å². The maximum Gasteiger partial charge on any atom is 0.346 e. The topological polar surface area (TPSA) is 113 Å². The van der Waals surface area contributed by atoms with Crippen LogP contribution < -0.4 is 0 Å². The van der Waals surface area contributed by atoms with Crippen molar-refractivity contribution in [3.8, 4) is 0 Å². The van der Waals surface area contributed by atoms with Gasteiger partial charge in [-0.15, -0.1) is 0 Å². The van der Waals surface area contributed by atoms with Gasteiger partial charge in [-0.2, -0.15) is 0 Å². The smallest absolute Gasteiger partial charge is 0.346 e. The molecule has 0 bridgehead atoms. The molecule has 0 aliphatic rings. The molecule has 8 heteroatoms. The van der Waals surface area contributed by atoms with Crippen molar-refractivity contribution in [3.05, 3.63) is 44.0 Å². The number of esters is 1. The van der Waals surface area contributed by atoms with Gasteiger partial charge in [0, 0.05) is 12.1 Å². The molecule has 0 spiro atoms. The van der Waals surface area contributed by atoms with Crippen molar-refractivity contribution < 1.29 is 19.4 Å². The largest absolute Gasteiger partial charge is 0.462 e. The minimum Gasteiger partial charge on any atom is -0.462 e. The normalized spacial score (nSPS) is 9.95. The lowest BCUT2D eigenvalue weighted by Crippen LogP contribution is -2.07. The predicted octanol–water partition coefficient (Wildman–Crippen LogP) is 2.46. The van der Waals surface area contributed by atoms with E-state index in [1.807, 2.05) is 6.92 Å². The Labute approximate surface area is 108 Å². The molecular weight excluding hydrogens is 256 g/mol. The van der Waals surface area contributed by atoms with Crippen LogP contribution in [0.25, 0.3) is 0 Å². The Hall–Kier alpha value is -2.51. The molecule has 102 valence electrons. The van der Waals surface area contributed by atoms with Crippen molar-refractivity contribution in [2.24, 2.45) is 0 Å². The zero-order valence-corrected chi connectivity index (χ0v) is 10.2. The summed E-state index contributed by atoms with van der Waals surface area (Å²) >= 11 is 0. The third-order valence-electron chi connectivity index (χ3n) is 2.34. The SMILES string of the molecule is CCCCOC(=O)c1ccc([N+](=O)[O-])c([N+](=O)[O-])c1. The summed E-state index contributed by atoms with van der Waals surface area (Å²) in [6, 6.07) is 2.92. The number of nitrogens with zero attached hydrogens (tertiary/aromatic N) is 2. The third kappa shape index (κ3) is 3.73. The number of hydrogen-bond donors (Lipinski definition) is 0. The lowest BCUT2D eigenvalue weighted by molar-refractivity contribution is -0.422. The van der Waals surface area contributed by atoms with Crippen LogP contribution >= 0.6 is 0 Å². The van der Waals surface area contributed by atoms with E-state index in [-0.39, 0.29) is 12.2 Å². The van der Waals surface area contributed by atoms with Crippen LogP contribution in [0, 0.1) is 20.2 Å². The number of hydrogen-bond acceptors (Lipinski definition) is 6. The molecule has 0 saturated heterocycles. The second-order valence-electron chi connectivity index (χ2n) is 3.71. The van der Waals surface area contributed by atoms with Crippen LogP contribution in [0.2, 0.25) is 0 Å². The highest BCUT2D eigenvalue weighted by molar-refractivity contribution is 5.90. The number of unbranched alkanes of at least 4 members (excludes halogenated alkanes) is 1. The summed E-state index contributed by atoms with van der Waals surface area (Å²) < 4.78 is 4.87. The molecule has 0 amide bonds. The highest BCUT2D eigenvalue weighted by Crippen LogP contribution is 2.27. The molecule has 19 heavy (non-hydrogen) atoms. The van der Waals surface area contributed by atoms with E-state index in [9.17, 15) is 25.0 Å². The van der Waals surface area contributed by atoms with Gasteiger partial charge in [0.15, 0.2) is 0 Å². The average Bonchev–Trinajstić information content (AvgIpc) is 2.38. The number of nitro benzene ring substituents is 2. The van der Waals surface area contributed by atoms with E-state index in [2.05, 4.69) is 0 Å². The first-order valence-electron chi connectivity index (χ1n) is 5.57. The maximum atomic E-state index is 11.6. The molecule has 0 N–H and O–H groups in total. The summed E-state index contributed by atoms with van der Waals surface area (Å²) in [7, 11) is 0. The molecule has 0 saturated carbocycles. The first-order valence-corrected chi connectivity index (χ1v) is 5.57. The van der Waals surface area contributed by atoms with Crippen molar-refractivity contribution >= 4 is 17.3 Å². The van der Waals surface area contributed by atoms with Crippen molar-refractivity contribution in [1.82, 2.24) is 0 Å². The van der Waals surface area contributed by atoms with Gasteiger partial charge in [0.2, 0.25) is 0 Å². The van der Waals surface area contributed by atoms with E-state index in [0.717, 1.165) is 24.6 Å².